The Morgan fingerprint density at radius 2 is 1.27 bits per heavy atom. The minimum atomic E-state index is -0.110. The first-order valence-electron chi connectivity index (χ1n) is 7.44. The van der Waals surface area contributed by atoms with Gasteiger partial charge >= 0.3 is 0 Å². The summed E-state index contributed by atoms with van der Waals surface area (Å²) in [6.07, 6.45) is 0.742. The van der Waals surface area contributed by atoms with E-state index in [4.69, 9.17) is 0 Å². The zero-order valence-corrected chi connectivity index (χ0v) is 13.7. The van der Waals surface area contributed by atoms with Crippen molar-refractivity contribution in [2.45, 2.75) is 12.3 Å². The number of benzene rings is 2. The van der Waals surface area contributed by atoms with Gasteiger partial charge in [0.05, 0.1) is 12.0 Å². The molecule has 0 N–H and O–H groups in total. The van der Waals surface area contributed by atoms with Crippen LogP contribution in [0.1, 0.15) is 17.0 Å². The smallest absolute Gasteiger partial charge is 0.0753 e. The summed E-state index contributed by atoms with van der Waals surface area (Å²) in [5, 5.41) is 9.49. The largest absolute Gasteiger partial charge is 0.378 e. The molecule has 0 saturated carbocycles. The van der Waals surface area contributed by atoms with Gasteiger partial charge in [-0.2, -0.15) is 5.26 Å². The fourth-order valence-corrected chi connectivity index (χ4v) is 2.41. The SMILES string of the molecule is CN(C)c1ccc(CC(C#N)c2ccc(N(C)C)cc2)cc1. The van der Waals surface area contributed by atoms with E-state index in [0.717, 1.165) is 17.7 Å². The van der Waals surface area contributed by atoms with Crippen molar-refractivity contribution >= 4 is 11.4 Å². The van der Waals surface area contributed by atoms with E-state index in [0.29, 0.717) is 0 Å². The van der Waals surface area contributed by atoms with Crippen LogP contribution in [0.15, 0.2) is 48.5 Å². The number of nitriles is 1. The van der Waals surface area contributed by atoms with Gasteiger partial charge in [-0.1, -0.05) is 24.3 Å². The molecule has 114 valence electrons. The Kier molecular flexibility index (Phi) is 5.06. The van der Waals surface area contributed by atoms with Gasteiger partial charge in [-0.05, 0) is 41.8 Å². The van der Waals surface area contributed by atoms with E-state index in [1.807, 2.05) is 28.2 Å². The lowest BCUT2D eigenvalue weighted by atomic mass is 9.93. The molecular formula is C19H23N3. The molecule has 2 rings (SSSR count). The molecule has 0 aliphatic heterocycles. The number of hydrogen-bond acceptors (Lipinski definition) is 3. The lowest BCUT2D eigenvalue weighted by Crippen LogP contribution is -2.09. The van der Waals surface area contributed by atoms with Crippen molar-refractivity contribution in [1.29, 1.82) is 5.26 Å². The molecule has 0 aliphatic rings. The average molecular weight is 293 g/mol. The first-order valence-corrected chi connectivity index (χ1v) is 7.44. The molecule has 0 saturated heterocycles. The van der Waals surface area contributed by atoms with Crippen LogP contribution in [-0.2, 0) is 6.42 Å². The molecule has 1 unspecified atom stereocenters. The second-order valence-electron chi connectivity index (χ2n) is 5.93. The van der Waals surface area contributed by atoms with Gasteiger partial charge in [0.15, 0.2) is 0 Å². The lowest BCUT2D eigenvalue weighted by molar-refractivity contribution is 0.848. The van der Waals surface area contributed by atoms with Gasteiger partial charge in [-0.15, -0.1) is 0 Å². The summed E-state index contributed by atoms with van der Waals surface area (Å²) < 4.78 is 0. The van der Waals surface area contributed by atoms with E-state index >= 15 is 0 Å². The highest BCUT2D eigenvalue weighted by atomic mass is 15.1. The van der Waals surface area contributed by atoms with Gasteiger partial charge in [0.2, 0.25) is 0 Å². The maximum absolute atomic E-state index is 9.49. The molecule has 3 heteroatoms. The van der Waals surface area contributed by atoms with Crippen molar-refractivity contribution in [2.24, 2.45) is 0 Å². The Hall–Kier alpha value is -2.47. The van der Waals surface area contributed by atoms with Crippen LogP contribution in [-0.4, -0.2) is 28.2 Å². The van der Waals surface area contributed by atoms with Crippen LogP contribution in [0.25, 0.3) is 0 Å². The standard InChI is InChI=1S/C19H23N3/c1-21(2)18-9-5-15(6-10-18)13-17(14-20)16-7-11-19(12-8-16)22(3)4/h5-12,17H,13H2,1-4H3. The van der Waals surface area contributed by atoms with Crippen LogP contribution in [0.2, 0.25) is 0 Å². The molecule has 1 atom stereocenters. The summed E-state index contributed by atoms with van der Waals surface area (Å²) in [6.45, 7) is 0. The van der Waals surface area contributed by atoms with Crippen LogP contribution in [0.4, 0.5) is 11.4 Å². The highest BCUT2D eigenvalue weighted by Crippen LogP contribution is 2.24. The van der Waals surface area contributed by atoms with Gasteiger partial charge in [0.25, 0.3) is 0 Å². The van der Waals surface area contributed by atoms with E-state index in [-0.39, 0.29) is 5.92 Å². The normalized spacial score (nSPS) is 11.6. The molecule has 2 aromatic carbocycles. The quantitative estimate of drug-likeness (QED) is 0.842. The predicted molar refractivity (Wildman–Crippen MR) is 93.6 cm³/mol. The molecular weight excluding hydrogens is 270 g/mol. The van der Waals surface area contributed by atoms with Crippen LogP contribution < -0.4 is 9.80 Å². The third-order valence-corrected chi connectivity index (χ3v) is 3.86. The molecule has 0 aliphatic carbocycles. The van der Waals surface area contributed by atoms with E-state index in [1.54, 1.807) is 0 Å². The van der Waals surface area contributed by atoms with Gasteiger partial charge < -0.3 is 9.80 Å². The Balaban J connectivity index is 2.13. The number of anilines is 2. The van der Waals surface area contributed by atoms with Gasteiger partial charge in [0, 0.05) is 39.6 Å². The molecule has 0 heterocycles. The molecule has 0 radical (unpaired) electrons. The molecule has 22 heavy (non-hydrogen) atoms. The molecule has 0 spiro atoms. The Bertz CT molecular complexity index is 634. The molecule has 3 nitrogen and oxygen atoms in total. The maximum Gasteiger partial charge on any atom is 0.0753 e. The van der Waals surface area contributed by atoms with Crippen molar-refractivity contribution in [3.63, 3.8) is 0 Å². The molecule has 0 aromatic heterocycles. The summed E-state index contributed by atoms with van der Waals surface area (Å²) >= 11 is 0. The molecule has 0 amide bonds. The van der Waals surface area contributed by atoms with Crippen LogP contribution in [0, 0.1) is 11.3 Å². The van der Waals surface area contributed by atoms with Crippen molar-refractivity contribution in [3.8, 4) is 6.07 Å². The molecule has 2 aromatic rings. The van der Waals surface area contributed by atoms with E-state index < -0.39 is 0 Å². The van der Waals surface area contributed by atoms with Crippen molar-refractivity contribution < 1.29 is 0 Å². The van der Waals surface area contributed by atoms with Gasteiger partial charge in [-0.3, -0.25) is 0 Å². The second kappa shape index (κ2) is 7.00. The minimum absolute atomic E-state index is 0.110. The Morgan fingerprint density at radius 3 is 1.68 bits per heavy atom. The summed E-state index contributed by atoms with van der Waals surface area (Å²) in [5.74, 6) is -0.110. The number of rotatable bonds is 5. The third kappa shape index (κ3) is 3.79. The monoisotopic (exact) mass is 293 g/mol. The number of hydrogen-bond donors (Lipinski definition) is 0. The van der Waals surface area contributed by atoms with E-state index in [2.05, 4.69) is 64.4 Å². The lowest BCUT2D eigenvalue weighted by Gasteiger charge is -2.16. The molecule has 0 fully saturated rings. The van der Waals surface area contributed by atoms with E-state index in [9.17, 15) is 5.26 Å². The summed E-state index contributed by atoms with van der Waals surface area (Å²) in [6, 6.07) is 19.1. The highest BCUT2D eigenvalue weighted by molar-refractivity contribution is 5.48. The topological polar surface area (TPSA) is 30.3 Å². The number of nitrogens with zero attached hydrogens (tertiary/aromatic N) is 3. The van der Waals surface area contributed by atoms with Crippen LogP contribution >= 0.6 is 0 Å². The zero-order valence-electron chi connectivity index (χ0n) is 13.7. The van der Waals surface area contributed by atoms with Crippen LogP contribution in [0.3, 0.4) is 0 Å². The van der Waals surface area contributed by atoms with Crippen molar-refractivity contribution in [2.75, 3.05) is 38.0 Å². The Morgan fingerprint density at radius 1 is 0.818 bits per heavy atom. The average Bonchev–Trinajstić information content (AvgIpc) is 2.53. The minimum Gasteiger partial charge on any atom is -0.378 e. The highest BCUT2D eigenvalue weighted by Gasteiger charge is 2.12. The van der Waals surface area contributed by atoms with Crippen molar-refractivity contribution in [1.82, 2.24) is 0 Å². The van der Waals surface area contributed by atoms with Gasteiger partial charge in [0.1, 0.15) is 0 Å². The predicted octanol–water partition coefficient (Wildman–Crippen LogP) is 3.67. The van der Waals surface area contributed by atoms with Crippen LogP contribution in [0.5, 0.6) is 0 Å². The first kappa shape index (κ1) is 15.9. The fourth-order valence-electron chi connectivity index (χ4n) is 2.41. The first-order chi connectivity index (χ1) is 10.5. The van der Waals surface area contributed by atoms with Gasteiger partial charge in [-0.25, -0.2) is 0 Å². The summed E-state index contributed by atoms with van der Waals surface area (Å²) in [7, 11) is 8.09. The van der Waals surface area contributed by atoms with E-state index in [1.165, 1.54) is 11.3 Å². The summed E-state index contributed by atoms with van der Waals surface area (Å²) in [4.78, 5) is 4.14. The zero-order chi connectivity index (χ0) is 16.1. The third-order valence-electron chi connectivity index (χ3n) is 3.86. The maximum atomic E-state index is 9.49. The summed E-state index contributed by atoms with van der Waals surface area (Å²) in [5.41, 5.74) is 4.59. The second-order valence-corrected chi connectivity index (χ2v) is 5.93. The fraction of sp³-hybridized carbons (Fsp3) is 0.316. The molecule has 0 bridgehead atoms. The Labute approximate surface area is 133 Å². The van der Waals surface area contributed by atoms with Crippen molar-refractivity contribution in [3.05, 3.63) is 59.7 Å².